The molecule has 8 heteroatoms. The van der Waals surface area contributed by atoms with Crippen molar-refractivity contribution in [1.29, 1.82) is 0 Å². The first kappa shape index (κ1) is 18.5. The monoisotopic (exact) mass is 404 g/mol. The van der Waals surface area contributed by atoms with Crippen LogP contribution >= 0.6 is 15.9 Å². The molecule has 0 bridgehead atoms. The summed E-state index contributed by atoms with van der Waals surface area (Å²) in [6.45, 7) is 0. The SMILES string of the molecule is O=C(NNC1=C(C(=O)C(F)(F)F)CCCCC1)c1ccccc1Br. The first-order valence-electron chi connectivity index (χ1n) is 7.45. The van der Waals surface area contributed by atoms with Gasteiger partial charge in [0.15, 0.2) is 0 Å². The van der Waals surface area contributed by atoms with E-state index in [4.69, 9.17) is 0 Å². The first-order valence-corrected chi connectivity index (χ1v) is 8.24. The van der Waals surface area contributed by atoms with Gasteiger partial charge in [-0.25, -0.2) is 0 Å². The summed E-state index contributed by atoms with van der Waals surface area (Å²) >= 11 is 3.23. The van der Waals surface area contributed by atoms with E-state index in [9.17, 15) is 22.8 Å². The molecule has 4 nitrogen and oxygen atoms in total. The quantitative estimate of drug-likeness (QED) is 0.744. The van der Waals surface area contributed by atoms with Gasteiger partial charge < -0.3 is 5.43 Å². The largest absolute Gasteiger partial charge is 0.454 e. The zero-order valence-electron chi connectivity index (χ0n) is 12.7. The Labute approximate surface area is 145 Å². The predicted octanol–water partition coefficient (Wildman–Crippen LogP) is 4.03. The summed E-state index contributed by atoms with van der Waals surface area (Å²) < 4.78 is 38.8. The van der Waals surface area contributed by atoms with Crippen LogP contribution in [0.2, 0.25) is 0 Å². The van der Waals surface area contributed by atoms with Gasteiger partial charge >= 0.3 is 6.18 Å². The predicted molar refractivity (Wildman–Crippen MR) is 85.9 cm³/mol. The van der Waals surface area contributed by atoms with E-state index in [1.54, 1.807) is 24.3 Å². The Bertz CT molecular complexity index is 672. The van der Waals surface area contributed by atoms with Crippen molar-refractivity contribution in [1.82, 2.24) is 10.9 Å². The fraction of sp³-hybridized carbons (Fsp3) is 0.375. The van der Waals surface area contributed by atoms with Crippen molar-refractivity contribution >= 4 is 27.6 Å². The molecular formula is C16H16BrF3N2O2. The van der Waals surface area contributed by atoms with Crippen molar-refractivity contribution in [3.63, 3.8) is 0 Å². The Morgan fingerprint density at radius 2 is 1.71 bits per heavy atom. The number of allylic oxidation sites excluding steroid dienone is 2. The van der Waals surface area contributed by atoms with E-state index in [1.165, 1.54) is 0 Å². The van der Waals surface area contributed by atoms with Gasteiger partial charge in [0, 0.05) is 15.7 Å². The number of alkyl halides is 3. The molecule has 1 aromatic carbocycles. The lowest BCUT2D eigenvalue weighted by molar-refractivity contribution is -0.166. The molecule has 1 amide bonds. The maximum atomic E-state index is 12.8. The molecule has 24 heavy (non-hydrogen) atoms. The smallest absolute Gasteiger partial charge is 0.302 e. The lowest BCUT2D eigenvalue weighted by Gasteiger charge is -2.16. The van der Waals surface area contributed by atoms with Crippen LogP contribution in [0.3, 0.4) is 0 Å². The highest BCUT2D eigenvalue weighted by Crippen LogP contribution is 2.29. The van der Waals surface area contributed by atoms with Crippen LogP contribution < -0.4 is 10.9 Å². The molecule has 0 atom stereocenters. The van der Waals surface area contributed by atoms with Gasteiger partial charge in [-0.1, -0.05) is 18.6 Å². The van der Waals surface area contributed by atoms with Crippen LogP contribution in [0.5, 0.6) is 0 Å². The number of amides is 1. The molecule has 1 aliphatic carbocycles. The van der Waals surface area contributed by atoms with Crippen molar-refractivity contribution in [2.24, 2.45) is 0 Å². The summed E-state index contributed by atoms with van der Waals surface area (Å²) in [6, 6.07) is 6.66. The molecule has 0 fully saturated rings. The normalized spacial score (nSPS) is 15.7. The number of benzene rings is 1. The van der Waals surface area contributed by atoms with Gasteiger partial charge in [-0.2, -0.15) is 13.2 Å². The maximum Gasteiger partial charge on any atom is 0.454 e. The number of Topliss-reactive ketones (excluding diaryl/α,β-unsaturated/α-hetero) is 1. The third-order valence-electron chi connectivity index (χ3n) is 3.69. The van der Waals surface area contributed by atoms with Crippen LogP contribution in [0.4, 0.5) is 13.2 Å². The van der Waals surface area contributed by atoms with Crippen molar-refractivity contribution < 1.29 is 22.8 Å². The number of hydrogen-bond donors (Lipinski definition) is 2. The topological polar surface area (TPSA) is 58.2 Å². The highest BCUT2D eigenvalue weighted by Gasteiger charge is 2.41. The molecule has 1 aromatic rings. The van der Waals surface area contributed by atoms with Gasteiger partial charge in [-0.05, 0) is 53.7 Å². The van der Waals surface area contributed by atoms with Gasteiger partial charge in [-0.3, -0.25) is 15.0 Å². The summed E-state index contributed by atoms with van der Waals surface area (Å²) in [4.78, 5) is 23.7. The molecule has 2 N–H and O–H groups in total. The molecule has 2 rings (SSSR count). The van der Waals surface area contributed by atoms with Crippen LogP contribution in [-0.4, -0.2) is 17.9 Å². The molecular weight excluding hydrogens is 389 g/mol. The molecule has 0 radical (unpaired) electrons. The Morgan fingerprint density at radius 1 is 1.04 bits per heavy atom. The summed E-state index contributed by atoms with van der Waals surface area (Å²) in [5, 5.41) is 0. The molecule has 0 spiro atoms. The van der Waals surface area contributed by atoms with Crippen molar-refractivity contribution in [3.8, 4) is 0 Å². The van der Waals surface area contributed by atoms with Crippen molar-refractivity contribution in [3.05, 3.63) is 45.6 Å². The van der Waals surface area contributed by atoms with Crippen molar-refractivity contribution in [2.45, 2.75) is 38.3 Å². The van der Waals surface area contributed by atoms with E-state index in [0.717, 1.165) is 6.42 Å². The number of hydrazine groups is 1. The number of hydrogen-bond acceptors (Lipinski definition) is 3. The second-order valence-electron chi connectivity index (χ2n) is 5.40. The third-order valence-corrected chi connectivity index (χ3v) is 4.39. The van der Waals surface area contributed by atoms with Gasteiger partial charge in [0.05, 0.1) is 5.56 Å². The molecule has 0 aromatic heterocycles. The van der Waals surface area contributed by atoms with Crippen LogP contribution in [0.25, 0.3) is 0 Å². The van der Waals surface area contributed by atoms with Crippen molar-refractivity contribution in [2.75, 3.05) is 0 Å². The Morgan fingerprint density at radius 3 is 2.38 bits per heavy atom. The van der Waals surface area contributed by atoms with E-state index in [1.807, 2.05) is 0 Å². The minimum atomic E-state index is -4.92. The molecule has 0 unspecified atom stereocenters. The van der Waals surface area contributed by atoms with Crippen LogP contribution in [0.1, 0.15) is 42.5 Å². The molecule has 0 aliphatic heterocycles. The number of carbonyl (C=O) groups is 2. The zero-order chi connectivity index (χ0) is 17.7. The zero-order valence-corrected chi connectivity index (χ0v) is 14.3. The standard InChI is InChI=1S/C16H16BrF3N2O2/c17-12-8-5-4-6-10(12)15(24)22-21-13-9-3-1-2-7-11(13)14(23)16(18,19)20/h4-6,8,21H,1-3,7,9H2,(H,22,24). The molecule has 0 saturated heterocycles. The first-order chi connectivity index (χ1) is 11.3. The number of halogens is 4. The van der Waals surface area contributed by atoms with E-state index >= 15 is 0 Å². The number of ketones is 1. The lowest BCUT2D eigenvalue weighted by atomic mass is 10.0. The van der Waals surface area contributed by atoms with E-state index in [-0.39, 0.29) is 24.1 Å². The highest BCUT2D eigenvalue weighted by molar-refractivity contribution is 9.10. The number of nitrogens with one attached hydrogen (secondary N) is 2. The summed E-state index contributed by atoms with van der Waals surface area (Å²) in [5.74, 6) is -2.35. The van der Waals surface area contributed by atoms with Gasteiger partial charge in [0.2, 0.25) is 0 Å². The summed E-state index contributed by atoms with van der Waals surface area (Å²) in [5.41, 5.74) is 5.08. The van der Waals surface area contributed by atoms with Gasteiger partial charge in [-0.15, -0.1) is 0 Å². The lowest BCUT2D eigenvalue weighted by Crippen LogP contribution is -2.39. The third kappa shape index (κ3) is 4.59. The van der Waals surface area contributed by atoms with Crippen LogP contribution in [0, 0.1) is 0 Å². The highest BCUT2D eigenvalue weighted by atomic mass is 79.9. The molecule has 1 aliphatic rings. The second-order valence-corrected chi connectivity index (χ2v) is 6.26. The molecule has 0 heterocycles. The second kappa shape index (κ2) is 7.83. The summed E-state index contributed by atoms with van der Waals surface area (Å²) in [7, 11) is 0. The van der Waals surface area contributed by atoms with Crippen LogP contribution in [0.15, 0.2) is 40.0 Å². The van der Waals surface area contributed by atoms with E-state index in [0.29, 0.717) is 22.9 Å². The maximum absolute atomic E-state index is 12.8. The Hall–Kier alpha value is -1.83. The Balaban J connectivity index is 2.17. The van der Waals surface area contributed by atoms with Gasteiger partial charge in [0.1, 0.15) is 0 Å². The molecule has 0 saturated carbocycles. The minimum absolute atomic E-state index is 0.0472. The molecule has 130 valence electrons. The Kier molecular flexibility index (Phi) is 6.04. The fourth-order valence-electron chi connectivity index (χ4n) is 2.49. The summed E-state index contributed by atoms with van der Waals surface area (Å²) in [6.07, 6.45) is -2.68. The number of carbonyl (C=O) groups excluding carboxylic acids is 2. The van der Waals surface area contributed by atoms with Gasteiger partial charge in [0.25, 0.3) is 11.7 Å². The van der Waals surface area contributed by atoms with E-state index in [2.05, 4.69) is 26.8 Å². The average Bonchev–Trinajstić information content (AvgIpc) is 2.76. The van der Waals surface area contributed by atoms with E-state index < -0.39 is 17.9 Å². The minimum Gasteiger partial charge on any atom is -0.302 e. The average molecular weight is 405 g/mol. The number of rotatable bonds is 4. The van der Waals surface area contributed by atoms with Crippen LogP contribution in [-0.2, 0) is 4.79 Å². The fourth-order valence-corrected chi connectivity index (χ4v) is 2.95.